The zero-order chi connectivity index (χ0) is 12.5. The number of ether oxygens (including phenoxy) is 2. The van der Waals surface area contributed by atoms with Gasteiger partial charge in [-0.25, -0.2) is 4.39 Å². The molecule has 0 aliphatic heterocycles. The third-order valence-electron chi connectivity index (χ3n) is 2.09. The third kappa shape index (κ3) is 6.61. The van der Waals surface area contributed by atoms with Crippen LogP contribution < -0.4 is 10.1 Å². The lowest BCUT2D eigenvalue weighted by atomic mass is 10.3. The second-order valence-corrected chi connectivity index (χ2v) is 4.47. The molecule has 17 heavy (non-hydrogen) atoms. The smallest absolute Gasteiger partial charge is 0.128 e. The first-order chi connectivity index (χ1) is 8.22. The summed E-state index contributed by atoms with van der Waals surface area (Å²) in [5.41, 5.74) is 0. The highest BCUT2D eigenvalue weighted by Crippen LogP contribution is 2.20. The SMILES string of the molecule is COCCNCCCOc1cc(F)cc(Br)c1. The van der Waals surface area contributed by atoms with Gasteiger partial charge < -0.3 is 14.8 Å². The van der Waals surface area contributed by atoms with Gasteiger partial charge in [0.15, 0.2) is 0 Å². The number of benzene rings is 1. The molecule has 0 saturated heterocycles. The number of methoxy groups -OCH3 is 1. The highest BCUT2D eigenvalue weighted by molar-refractivity contribution is 9.10. The van der Waals surface area contributed by atoms with Gasteiger partial charge in [0.2, 0.25) is 0 Å². The maximum absolute atomic E-state index is 13.0. The maximum atomic E-state index is 13.0. The zero-order valence-corrected chi connectivity index (χ0v) is 11.4. The van der Waals surface area contributed by atoms with Crippen LogP contribution in [-0.2, 0) is 4.74 Å². The van der Waals surface area contributed by atoms with Crippen molar-refractivity contribution in [3.63, 3.8) is 0 Å². The van der Waals surface area contributed by atoms with Crippen molar-refractivity contribution >= 4 is 15.9 Å². The fourth-order valence-corrected chi connectivity index (χ4v) is 1.74. The summed E-state index contributed by atoms with van der Waals surface area (Å²) in [5.74, 6) is 0.251. The van der Waals surface area contributed by atoms with Crippen molar-refractivity contribution in [1.82, 2.24) is 5.32 Å². The average molecular weight is 306 g/mol. The monoisotopic (exact) mass is 305 g/mol. The molecule has 0 radical (unpaired) electrons. The van der Waals surface area contributed by atoms with Gasteiger partial charge in [-0.3, -0.25) is 0 Å². The molecule has 0 aromatic heterocycles. The highest BCUT2D eigenvalue weighted by Gasteiger charge is 1.99. The second-order valence-electron chi connectivity index (χ2n) is 3.55. The molecule has 1 rings (SSSR count). The van der Waals surface area contributed by atoms with Crippen molar-refractivity contribution < 1.29 is 13.9 Å². The molecule has 96 valence electrons. The summed E-state index contributed by atoms with van der Waals surface area (Å²) >= 11 is 3.22. The zero-order valence-electron chi connectivity index (χ0n) is 9.84. The maximum Gasteiger partial charge on any atom is 0.128 e. The lowest BCUT2D eigenvalue weighted by molar-refractivity contribution is 0.198. The standard InChI is InChI=1S/C12H17BrFNO2/c1-16-6-4-15-3-2-5-17-12-8-10(13)7-11(14)9-12/h7-9,15H,2-6H2,1H3. The molecule has 0 aliphatic carbocycles. The second kappa shape index (κ2) is 8.44. The summed E-state index contributed by atoms with van der Waals surface area (Å²) in [6.07, 6.45) is 0.873. The predicted molar refractivity (Wildman–Crippen MR) is 69.0 cm³/mol. The molecule has 0 unspecified atom stereocenters. The van der Waals surface area contributed by atoms with Crippen molar-refractivity contribution in [2.45, 2.75) is 6.42 Å². The van der Waals surface area contributed by atoms with Gasteiger partial charge in [-0.15, -0.1) is 0 Å². The summed E-state index contributed by atoms with van der Waals surface area (Å²) in [5, 5.41) is 3.21. The van der Waals surface area contributed by atoms with Crippen LogP contribution in [0.2, 0.25) is 0 Å². The molecule has 0 saturated carbocycles. The van der Waals surface area contributed by atoms with E-state index in [1.807, 2.05) is 0 Å². The van der Waals surface area contributed by atoms with E-state index >= 15 is 0 Å². The van der Waals surface area contributed by atoms with Gasteiger partial charge in [-0.1, -0.05) is 15.9 Å². The van der Waals surface area contributed by atoms with Crippen molar-refractivity contribution in [3.8, 4) is 5.75 Å². The van der Waals surface area contributed by atoms with E-state index in [9.17, 15) is 4.39 Å². The number of hydrogen-bond acceptors (Lipinski definition) is 3. The molecule has 3 nitrogen and oxygen atoms in total. The van der Waals surface area contributed by atoms with Crippen LogP contribution in [0.25, 0.3) is 0 Å². The lowest BCUT2D eigenvalue weighted by Crippen LogP contribution is -2.21. The Hall–Kier alpha value is -0.650. The van der Waals surface area contributed by atoms with E-state index in [1.54, 1.807) is 13.2 Å². The molecule has 0 fully saturated rings. The van der Waals surface area contributed by atoms with Crippen LogP contribution in [0.5, 0.6) is 5.75 Å². The van der Waals surface area contributed by atoms with Gasteiger partial charge in [0.05, 0.1) is 13.2 Å². The molecule has 0 aliphatic rings. The quantitative estimate of drug-likeness (QED) is 0.749. The van der Waals surface area contributed by atoms with Gasteiger partial charge in [-0.2, -0.15) is 0 Å². The summed E-state index contributed by atoms with van der Waals surface area (Å²) in [6, 6.07) is 4.53. The van der Waals surface area contributed by atoms with E-state index in [0.717, 1.165) is 19.5 Å². The number of rotatable bonds is 8. The van der Waals surface area contributed by atoms with Crippen molar-refractivity contribution in [1.29, 1.82) is 0 Å². The first-order valence-electron chi connectivity index (χ1n) is 5.51. The fourth-order valence-electron chi connectivity index (χ4n) is 1.30. The largest absolute Gasteiger partial charge is 0.493 e. The minimum atomic E-state index is -0.299. The Labute approximate surface area is 109 Å². The normalized spacial score (nSPS) is 10.5. The molecule has 0 atom stereocenters. The number of nitrogens with one attached hydrogen (secondary N) is 1. The van der Waals surface area contributed by atoms with E-state index in [2.05, 4.69) is 21.2 Å². The molecule has 0 heterocycles. The van der Waals surface area contributed by atoms with Gasteiger partial charge in [0, 0.05) is 24.2 Å². The Balaban J connectivity index is 2.13. The summed E-state index contributed by atoms with van der Waals surface area (Å²) in [4.78, 5) is 0. The summed E-state index contributed by atoms with van der Waals surface area (Å²) in [6.45, 7) is 2.97. The van der Waals surface area contributed by atoms with Crippen LogP contribution in [-0.4, -0.2) is 33.4 Å². The van der Waals surface area contributed by atoms with Gasteiger partial charge in [0.25, 0.3) is 0 Å². The minimum Gasteiger partial charge on any atom is -0.493 e. The molecule has 1 aromatic carbocycles. The molecule has 1 N–H and O–H groups in total. The predicted octanol–water partition coefficient (Wildman–Crippen LogP) is 2.59. The van der Waals surface area contributed by atoms with Gasteiger partial charge >= 0.3 is 0 Å². The lowest BCUT2D eigenvalue weighted by Gasteiger charge is -2.07. The molecule has 0 bridgehead atoms. The van der Waals surface area contributed by atoms with Crippen molar-refractivity contribution in [2.24, 2.45) is 0 Å². The van der Waals surface area contributed by atoms with E-state index in [1.165, 1.54) is 12.1 Å². The number of halogens is 2. The molecular formula is C12H17BrFNO2. The molecule has 5 heteroatoms. The van der Waals surface area contributed by atoms with Crippen LogP contribution in [0, 0.1) is 5.82 Å². The van der Waals surface area contributed by atoms with Crippen molar-refractivity contribution in [3.05, 3.63) is 28.5 Å². The summed E-state index contributed by atoms with van der Waals surface area (Å²) < 4.78 is 24.0. The van der Waals surface area contributed by atoms with E-state index < -0.39 is 0 Å². The Bertz CT molecular complexity index is 316. The first-order valence-corrected chi connectivity index (χ1v) is 6.30. The topological polar surface area (TPSA) is 30.5 Å². The third-order valence-corrected chi connectivity index (χ3v) is 2.54. The highest BCUT2D eigenvalue weighted by atomic mass is 79.9. The average Bonchev–Trinajstić information content (AvgIpc) is 2.26. The Morgan fingerprint density at radius 2 is 2.06 bits per heavy atom. The summed E-state index contributed by atoms with van der Waals surface area (Å²) in [7, 11) is 1.67. The van der Waals surface area contributed by atoms with Crippen LogP contribution in [0.3, 0.4) is 0 Å². The first kappa shape index (κ1) is 14.4. The molecule has 1 aromatic rings. The van der Waals surface area contributed by atoms with Crippen LogP contribution >= 0.6 is 15.9 Å². The Kier molecular flexibility index (Phi) is 7.16. The molecule has 0 spiro atoms. The molecular weight excluding hydrogens is 289 g/mol. The Morgan fingerprint density at radius 3 is 2.76 bits per heavy atom. The Morgan fingerprint density at radius 1 is 1.24 bits per heavy atom. The van der Waals surface area contributed by atoms with E-state index in [-0.39, 0.29) is 5.82 Å². The van der Waals surface area contributed by atoms with Gasteiger partial charge in [0.1, 0.15) is 11.6 Å². The van der Waals surface area contributed by atoms with Crippen LogP contribution in [0.1, 0.15) is 6.42 Å². The van der Waals surface area contributed by atoms with E-state index in [0.29, 0.717) is 23.4 Å². The fraction of sp³-hybridized carbons (Fsp3) is 0.500. The van der Waals surface area contributed by atoms with Crippen LogP contribution in [0.4, 0.5) is 4.39 Å². The van der Waals surface area contributed by atoms with Crippen molar-refractivity contribution in [2.75, 3.05) is 33.4 Å². The minimum absolute atomic E-state index is 0.299. The number of hydrogen-bond donors (Lipinski definition) is 1. The van der Waals surface area contributed by atoms with Crippen LogP contribution in [0.15, 0.2) is 22.7 Å². The van der Waals surface area contributed by atoms with E-state index in [4.69, 9.17) is 9.47 Å². The molecule has 0 amide bonds. The van der Waals surface area contributed by atoms with Gasteiger partial charge in [-0.05, 0) is 25.1 Å².